The van der Waals surface area contributed by atoms with Gasteiger partial charge in [-0.05, 0) is 6.92 Å². The lowest BCUT2D eigenvalue weighted by Gasteiger charge is -1.89. The third kappa shape index (κ3) is 2.40. The molecule has 2 heterocycles. The van der Waals surface area contributed by atoms with Crippen LogP contribution in [0.2, 0.25) is 0 Å². The van der Waals surface area contributed by atoms with Crippen molar-refractivity contribution in [3.8, 4) is 0 Å². The third-order valence-corrected chi connectivity index (χ3v) is 3.44. The van der Waals surface area contributed by atoms with E-state index in [-0.39, 0.29) is 5.69 Å². The van der Waals surface area contributed by atoms with Gasteiger partial charge in [-0.3, -0.25) is 0 Å². The maximum atomic E-state index is 10.6. The zero-order valence-corrected chi connectivity index (χ0v) is 9.56. The van der Waals surface area contributed by atoms with Crippen molar-refractivity contribution in [1.29, 1.82) is 0 Å². The van der Waals surface area contributed by atoms with Crippen molar-refractivity contribution in [2.24, 2.45) is 0 Å². The van der Waals surface area contributed by atoms with E-state index in [1.165, 1.54) is 11.3 Å². The minimum Gasteiger partial charge on any atom is -0.476 e. The van der Waals surface area contributed by atoms with Crippen molar-refractivity contribution in [3.05, 3.63) is 32.2 Å². The van der Waals surface area contributed by atoms with Crippen LogP contribution < -0.4 is 0 Å². The highest BCUT2D eigenvalue weighted by Gasteiger charge is 2.09. The van der Waals surface area contributed by atoms with Crippen LogP contribution in [-0.2, 0) is 6.42 Å². The van der Waals surface area contributed by atoms with Crippen molar-refractivity contribution in [1.82, 2.24) is 9.97 Å². The average Bonchev–Trinajstić information content (AvgIpc) is 2.76. The van der Waals surface area contributed by atoms with Gasteiger partial charge < -0.3 is 5.11 Å². The predicted octanol–water partition coefficient (Wildman–Crippen LogP) is 2.20. The first-order valence-electron chi connectivity index (χ1n) is 4.24. The third-order valence-electron chi connectivity index (χ3n) is 1.77. The molecule has 0 aromatic carbocycles. The Hall–Kier alpha value is -1.27. The first-order chi connectivity index (χ1) is 7.15. The molecule has 2 aromatic rings. The second kappa shape index (κ2) is 4.08. The van der Waals surface area contributed by atoms with E-state index in [0.29, 0.717) is 6.42 Å². The first kappa shape index (κ1) is 10.3. The molecule has 78 valence electrons. The summed E-state index contributed by atoms with van der Waals surface area (Å²) in [7, 11) is 0. The molecule has 4 nitrogen and oxygen atoms in total. The zero-order valence-electron chi connectivity index (χ0n) is 7.93. The number of hydrogen-bond acceptors (Lipinski definition) is 5. The van der Waals surface area contributed by atoms with E-state index in [2.05, 4.69) is 9.97 Å². The molecule has 0 aliphatic carbocycles. The van der Waals surface area contributed by atoms with Crippen LogP contribution in [0.1, 0.15) is 26.2 Å². The second-order valence-corrected chi connectivity index (χ2v) is 4.97. The van der Waals surface area contributed by atoms with Crippen molar-refractivity contribution in [2.45, 2.75) is 13.3 Å². The summed E-state index contributed by atoms with van der Waals surface area (Å²) in [5, 5.41) is 14.0. The van der Waals surface area contributed by atoms with Gasteiger partial charge in [0.1, 0.15) is 0 Å². The molecule has 0 atom stereocenters. The summed E-state index contributed by atoms with van der Waals surface area (Å²) in [6.07, 6.45) is 0.613. The number of aromatic carboxylic acids is 1. The van der Waals surface area contributed by atoms with Gasteiger partial charge >= 0.3 is 5.97 Å². The minimum atomic E-state index is -0.980. The van der Waals surface area contributed by atoms with Crippen LogP contribution in [-0.4, -0.2) is 21.0 Å². The topological polar surface area (TPSA) is 63.1 Å². The monoisotopic (exact) mass is 240 g/mol. The summed E-state index contributed by atoms with van der Waals surface area (Å²) in [5.74, 6) is -0.980. The summed E-state index contributed by atoms with van der Waals surface area (Å²) >= 11 is 2.94. The van der Waals surface area contributed by atoms with Gasteiger partial charge in [-0.25, -0.2) is 14.8 Å². The Morgan fingerprint density at radius 1 is 1.40 bits per heavy atom. The smallest absolute Gasteiger partial charge is 0.355 e. The number of thiazole rings is 2. The van der Waals surface area contributed by atoms with Gasteiger partial charge in [-0.15, -0.1) is 22.7 Å². The molecule has 0 spiro atoms. The Balaban J connectivity index is 2.14. The Morgan fingerprint density at radius 3 is 2.73 bits per heavy atom. The summed E-state index contributed by atoms with van der Waals surface area (Å²) < 4.78 is 0. The Bertz CT molecular complexity index is 490. The van der Waals surface area contributed by atoms with Crippen LogP contribution in [0, 0.1) is 6.92 Å². The number of aromatic nitrogens is 2. The highest BCUT2D eigenvalue weighted by atomic mass is 32.1. The lowest BCUT2D eigenvalue weighted by atomic mass is 10.3. The Labute approximate surface area is 94.3 Å². The van der Waals surface area contributed by atoms with Crippen molar-refractivity contribution in [3.63, 3.8) is 0 Å². The number of carboxylic acids is 1. The lowest BCUT2D eigenvalue weighted by molar-refractivity contribution is 0.0691. The molecule has 2 aromatic heterocycles. The van der Waals surface area contributed by atoms with Gasteiger partial charge in [0.05, 0.1) is 15.7 Å². The fourth-order valence-corrected chi connectivity index (χ4v) is 2.53. The molecular formula is C9H8N2O2S2. The first-order valence-corrected chi connectivity index (χ1v) is 6.00. The van der Waals surface area contributed by atoms with Crippen molar-refractivity contribution >= 4 is 28.6 Å². The number of aryl methyl sites for hydroxylation is 1. The van der Waals surface area contributed by atoms with Gasteiger partial charge in [-0.2, -0.15) is 0 Å². The molecule has 1 N–H and O–H groups in total. The molecule has 0 fully saturated rings. The lowest BCUT2D eigenvalue weighted by Crippen LogP contribution is -1.97. The van der Waals surface area contributed by atoms with E-state index >= 15 is 0 Å². The molecule has 2 rings (SSSR count). The number of hydrogen-bond donors (Lipinski definition) is 1. The number of rotatable bonds is 3. The van der Waals surface area contributed by atoms with Gasteiger partial charge in [0, 0.05) is 17.2 Å². The van der Waals surface area contributed by atoms with E-state index in [1.807, 2.05) is 12.3 Å². The molecule has 0 aliphatic heterocycles. The van der Waals surface area contributed by atoms with Crippen molar-refractivity contribution in [2.75, 3.05) is 0 Å². The molecule has 0 saturated heterocycles. The molecule has 0 unspecified atom stereocenters. The van der Waals surface area contributed by atoms with Crippen molar-refractivity contribution < 1.29 is 9.90 Å². The van der Waals surface area contributed by atoms with Crippen LogP contribution >= 0.6 is 22.7 Å². The van der Waals surface area contributed by atoms with Crippen LogP contribution in [0.4, 0.5) is 0 Å². The van der Waals surface area contributed by atoms with Gasteiger partial charge in [0.2, 0.25) is 0 Å². The zero-order chi connectivity index (χ0) is 10.8. The highest BCUT2D eigenvalue weighted by molar-refractivity contribution is 7.10. The largest absolute Gasteiger partial charge is 0.476 e. The summed E-state index contributed by atoms with van der Waals surface area (Å²) in [5.41, 5.74) is 1.06. The Kier molecular flexibility index (Phi) is 2.79. The minimum absolute atomic E-state index is 0.113. The fourth-order valence-electron chi connectivity index (χ4n) is 1.13. The quantitative estimate of drug-likeness (QED) is 0.893. The van der Waals surface area contributed by atoms with Crippen LogP contribution in [0.25, 0.3) is 0 Å². The second-order valence-electron chi connectivity index (χ2n) is 2.97. The van der Waals surface area contributed by atoms with Gasteiger partial charge in [0.25, 0.3) is 0 Å². The molecule has 6 heteroatoms. The molecule has 0 aliphatic rings. The molecular weight excluding hydrogens is 232 g/mol. The summed E-state index contributed by atoms with van der Waals surface area (Å²) in [6.45, 7) is 1.94. The van der Waals surface area contributed by atoms with Crippen LogP contribution in [0.15, 0.2) is 10.8 Å². The van der Waals surface area contributed by atoms with Crippen LogP contribution in [0.3, 0.4) is 0 Å². The average molecular weight is 240 g/mol. The van der Waals surface area contributed by atoms with E-state index in [0.717, 1.165) is 15.7 Å². The van der Waals surface area contributed by atoms with Gasteiger partial charge in [0.15, 0.2) is 5.69 Å². The summed E-state index contributed by atoms with van der Waals surface area (Å²) in [6, 6.07) is 0. The molecule has 0 saturated carbocycles. The number of carboxylic acid groups (broad SMARTS) is 1. The predicted molar refractivity (Wildman–Crippen MR) is 58.7 cm³/mol. The normalized spacial score (nSPS) is 10.5. The highest BCUT2D eigenvalue weighted by Crippen LogP contribution is 2.16. The van der Waals surface area contributed by atoms with E-state index < -0.39 is 5.97 Å². The van der Waals surface area contributed by atoms with E-state index in [1.54, 1.807) is 16.7 Å². The molecule has 15 heavy (non-hydrogen) atoms. The van der Waals surface area contributed by atoms with Crippen LogP contribution in [0.5, 0.6) is 0 Å². The molecule has 0 amide bonds. The maximum absolute atomic E-state index is 10.6. The number of nitrogens with zero attached hydrogens (tertiary/aromatic N) is 2. The van der Waals surface area contributed by atoms with E-state index in [9.17, 15) is 4.79 Å². The standard InChI is InChI=1S/C9H8N2O2S2/c1-5-10-6(3-14-5)2-8-11-7(4-15-8)9(12)13/h3-4H,2H2,1H3,(H,12,13). The summed E-state index contributed by atoms with van der Waals surface area (Å²) in [4.78, 5) is 18.9. The maximum Gasteiger partial charge on any atom is 0.355 e. The molecule has 0 bridgehead atoms. The Morgan fingerprint density at radius 2 is 2.20 bits per heavy atom. The SMILES string of the molecule is Cc1nc(Cc2nc(C(=O)O)cs2)cs1. The molecule has 0 radical (unpaired) electrons. The van der Waals surface area contributed by atoms with E-state index in [4.69, 9.17) is 5.11 Å². The van der Waals surface area contributed by atoms with Gasteiger partial charge in [-0.1, -0.05) is 0 Å². The fraction of sp³-hybridized carbons (Fsp3) is 0.222. The number of carbonyl (C=O) groups is 1.